The number of epoxide rings is 1. The number of esters is 1. The molecule has 1 aliphatic carbocycles. The van der Waals surface area contributed by atoms with Crippen LogP contribution < -0.4 is 4.74 Å². The van der Waals surface area contributed by atoms with Crippen molar-refractivity contribution in [2.45, 2.75) is 63.9 Å². The van der Waals surface area contributed by atoms with Crippen LogP contribution >= 0.6 is 0 Å². The Morgan fingerprint density at radius 2 is 2.04 bits per heavy atom. The number of ether oxygens (including phenoxy) is 4. The van der Waals surface area contributed by atoms with Crippen molar-refractivity contribution in [1.82, 2.24) is 0 Å². The van der Waals surface area contributed by atoms with E-state index in [1.54, 1.807) is 7.11 Å². The highest BCUT2D eigenvalue weighted by Gasteiger charge is 2.62. The van der Waals surface area contributed by atoms with E-state index in [1.807, 2.05) is 24.3 Å². The number of allylic oxidation sites excluding steroid dienone is 2. The molecule has 2 fully saturated rings. The molecule has 0 N–H and O–H groups in total. The first kappa shape index (κ1) is 19.5. The van der Waals surface area contributed by atoms with E-state index in [0.29, 0.717) is 13.2 Å². The summed E-state index contributed by atoms with van der Waals surface area (Å²) in [5.74, 6) is 0.618. The van der Waals surface area contributed by atoms with Gasteiger partial charge >= 0.3 is 5.97 Å². The number of carbonyl (C=O) groups is 1. The Morgan fingerprint density at radius 3 is 2.79 bits per heavy atom. The largest absolute Gasteiger partial charge is 0.497 e. The first-order chi connectivity index (χ1) is 13.5. The Labute approximate surface area is 167 Å². The Balaban J connectivity index is 1.41. The van der Waals surface area contributed by atoms with Crippen molar-refractivity contribution < 1.29 is 23.7 Å². The SMILES string of the molecule is COc1ccc(COC[C@@H]2C(=O)O[C@@H]3C4O[C@]4(C)CC/C=C(/C)CC[C@@H]23)cc1. The lowest BCUT2D eigenvalue weighted by atomic mass is 9.81. The number of hydrogen-bond donors (Lipinski definition) is 0. The normalized spacial score (nSPS) is 36.5. The second kappa shape index (κ2) is 7.88. The van der Waals surface area contributed by atoms with Gasteiger partial charge in [-0.2, -0.15) is 0 Å². The molecule has 1 unspecified atom stereocenters. The lowest BCUT2D eigenvalue weighted by Gasteiger charge is -2.22. The molecule has 5 atom stereocenters. The molecule has 1 aromatic rings. The van der Waals surface area contributed by atoms with E-state index in [-0.39, 0.29) is 35.6 Å². The molecule has 28 heavy (non-hydrogen) atoms. The topological polar surface area (TPSA) is 57.3 Å². The van der Waals surface area contributed by atoms with E-state index < -0.39 is 0 Å². The minimum atomic E-state index is -0.219. The van der Waals surface area contributed by atoms with Gasteiger partial charge in [-0.3, -0.25) is 4.79 Å². The molecular weight excluding hydrogens is 356 g/mol. The van der Waals surface area contributed by atoms with Gasteiger partial charge in [-0.25, -0.2) is 0 Å². The Hall–Kier alpha value is -1.85. The zero-order valence-electron chi connectivity index (χ0n) is 17.0. The molecule has 0 saturated carbocycles. The average molecular weight is 386 g/mol. The summed E-state index contributed by atoms with van der Waals surface area (Å²) >= 11 is 0. The van der Waals surface area contributed by atoms with Gasteiger partial charge in [0.15, 0.2) is 0 Å². The monoisotopic (exact) mass is 386 g/mol. The summed E-state index contributed by atoms with van der Waals surface area (Å²) in [4.78, 5) is 12.6. The van der Waals surface area contributed by atoms with E-state index in [4.69, 9.17) is 18.9 Å². The third-order valence-electron chi connectivity index (χ3n) is 6.46. The molecule has 2 saturated heterocycles. The number of rotatable bonds is 5. The van der Waals surface area contributed by atoms with Gasteiger partial charge in [-0.1, -0.05) is 23.8 Å². The zero-order valence-corrected chi connectivity index (χ0v) is 17.0. The van der Waals surface area contributed by atoms with Crippen LogP contribution in [0.3, 0.4) is 0 Å². The van der Waals surface area contributed by atoms with Crippen LogP contribution in [0.4, 0.5) is 0 Å². The molecule has 0 bridgehead atoms. The van der Waals surface area contributed by atoms with E-state index >= 15 is 0 Å². The van der Waals surface area contributed by atoms with Crippen molar-refractivity contribution in [3.05, 3.63) is 41.5 Å². The molecule has 3 aliphatic rings. The minimum absolute atomic E-state index is 0.0276. The van der Waals surface area contributed by atoms with Crippen molar-refractivity contribution in [1.29, 1.82) is 0 Å². The van der Waals surface area contributed by atoms with Crippen LogP contribution in [-0.4, -0.2) is 37.5 Å². The number of methoxy groups -OCH3 is 1. The molecule has 152 valence electrons. The highest BCUT2D eigenvalue weighted by Crippen LogP contribution is 2.50. The van der Waals surface area contributed by atoms with Gasteiger partial charge in [0.1, 0.15) is 18.0 Å². The summed E-state index contributed by atoms with van der Waals surface area (Å²) in [5, 5.41) is 0. The first-order valence-corrected chi connectivity index (χ1v) is 10.2. The zero-order chi connectivity index (χ0) is 19.7. The third kappa shape index (κ3) is 3.96. The second-order valence-electron chi connectivity index (χ2n) is 8.51. The quantitative estimate of drug-likeness (QED) is 0.434. The van der Waals surface area contributed by atoms with Crippen molar-refractivity contribution in [2.75, 3.05) is 13.7 Å². The Morgan fingerprint density at radius 1 is 1.25 bits per heavy atom. The molecule has 0 spiro atoms. The smallest absolute Gasteiger partial charge is 0.312 e. The number of fused-ring (bicyclic) bond motifs is 3. The van der Waals surface area contributed by atoms with Gasteiger partial charge in [-0.05, 0) is 57.2 Å². The van der Waals surface area contributed by atoms with Crippen LogP contribution in [0.2, 0.25) is 0 Å². The molecular formula is C23H30O5. The fourth-order valence-electron chi connectivity index (χ4n) is 4.55. The van der Waals surface area contributed by atoms with Crippen molar-refractivity contribution in [3.8, 4) is 5.75 Å². The Kier molecular flexibility index (Phi) is 5.48. The van der Waals surface area contributed by atoms with Gasteiger partial charge in [0.05, 0.1) is 31.8 Å². The van der Waals surface area contributed by atoms with Crippen LogP contribution in [0.1, 0.15) is 45.1 Å². The fourth-order valence-corrected chi connectivity index (χ4v) is 4.55. The Bertz CT molecular complexity index is 740. The van der Waals surface area contributed by atoms with Gasteiger partial charge in [0, 0.05) is 5.92 Å². The predicted molar refractivity (Wildman–Crippen MR) is 105 cm³/mol. The molecule has 4 rings (SSSR count). The van der Waals surface area contributed by atoms with Gasteiger partial charge in [-0.15, -0.1) is 0 Å². The van der Waals surface area contributed by atoms with Crippen LogP contribution in [0.15, 0.2) is 35.9 Å². The van der Waals surface area contributed by atoms with E-state index in [2.05, 4.69) is 19.9 Å². The minimum Gasteiger partial charge on any atom is -0.497 e. The highest BCUT2D eigenvalue weighted by molar-refractivity contribution is 5.75. The first-order valence-electron chi connectivity index (χ1n) is 10.2. The summed E-state index contributed by atoms with van der Waals surface area (Å²) in [6.45, 7) is 5.18. The van der Waals surface area contributed by atoms with E-state index in [1.165, 1.54) is 5.57 Å². The maximum atomic E-state index is 12.6. The molecule has 1 aromatic carbocycles. The van der Waals surface area contributed by atoms with Crippen molar-refractivity contribution in [2.24, 2.45) is 11.8 Å². The van der Waals surface area contributed by atoms with Crippen LogP contribution in [0.5, 0.6) is 5.75 Å². The second-order valence-corrected chi connectivity index (χ2v) is 8.51. The van der Waals surface area contributed by atoms with Crippen molar-refractivity contribution in [3.63, 3.8) is 0 Å². The number of carbonyl (C=O) groups excluding carboxylic acids is 1. The molecule has 0 radical (unpaired) electrons. The molecule has 5 nitrogen and oxygen atoms in total. The summed E-state index contributed by atoms with van der Waals surface area (Å²) in [6, 6.07) is 7.80. The summed E-state index contributed by atoms with van der Waals surface area (Å²) in [6.07, 6.45) is 6.14. The summed E-state index contributed by atoms with van der Waals surface area (Å²) in [7, 11) is 1.65. The van der Waals surface area contributed by atoms with Crippen molar-refractivity contribution >= 4 is 5.97 Å². The van der Waals surface area contributed by atoms with Gasteiger partial charge < -0.3 is 18.9 Å². The fraction of sp³-hybridized carbons (Fsp3) is 0.609. The summed E-state index contributed by atoms with van der Waals surface area (Å²) in [5.41, 5.74) is 2.29. The molecule has 2 heterocycles. The molecule has 0 amide bonds. The lowest BCUT2D eigenvalue weighted by molar-refractivity contribution is -0.146. The molecule has 5 heteroatoms. The average Bonchev–Trinajstić information content (AvgIpc) is 3.26. The van der Waals surface area contributed by atoms with Gasteiger partial charge in [0.2, 0.25) is 0 Å². The number of hydrogen-bond acceptors (Lipinski definition) is 5. The van der Waals surface area contributed by atoms with Gasteiger partial charge in [0.25, 0.3) is 0 Å². The standard InChI is InChI=1S/C23H30O5/c1-15-5-4-12-23(2)21(28-23)20-18(11-6-15)19(22(24)27-20)14-26-13-16-7-9-17(25-3)10-8-16/h5,7-10,18-21H,4,6,11-14H2,1-3H3/b15-5-/t18-,19-,20-,21?,23+/m0/s1. The van der Waals surface area contributed by atoms with Crippen LogP contribution in [0, 0.1) is 11.8 Å². The maximum Gasteiger partial charge on any atom is 0.312 e. The van der Waals surface area contributed by atoms with Crippen LogP contribution in [0.25, 0.3) is 0 Å². The predicted octanol–water partition coefficient (Wildman–Crippen LogP) is 4.05. The third-order valence-corrected chi connectivity index (χ3v) is 6.46. The van der Waals surface area contributed by atoms with E-state index in [0.717, 1.165) is 37.0 Å². The molecule has 0 aromatic heterocycles. The number of benzene rings is 1. The summed E-state index contributed by atoms with van der Waals surface area (Å²) < 4.78 is 22.9. The molecule has 2 aliphatic heterocycles. The van der Waals surface area contributed by atoms with E-state index in [9.17, 15) is 4.79 Å². The lowest BCUT2D eigenvalue weighted by Crippen LogP contribution is -2.31. The maximum absolute atomic E-state index is 12.6. The highest BCUT2D eigenvalue weighted by atomic mass is 16.6. The van der Waals surface area contributed by atoms with Crippen LogP contribution in [-0.2, 0) is 25.6 Å².